The Kier molecular flexibility index (Phi) is 4.86. The lowest BCUT2D eigenvalue weighted by Gasteiger charge is -2.32. The van der Waals surface area contributed by atoms with Crippen LogP contribution < -0.4 is 11.1 Å². The number of nitrogens with two attached hydrogens (primary N) is 1. The molecule has 0 aromatic rings. The molecule has 0 spiro atoms. The molecule has 1 aliphatic rings. The third-order valence-corrected chi connectivity index (χ3v) is 2.20. The van der Waals surface area contributed by atoms with E-state index < -0.39 is 0 Å². The molecule has 0 bridgehead atoms. The van der Waals surface area contributed by atoms with Gasteiger partial charge in [-0.25, -0.2) is 0 Å². The van der Waals surface area contributed by atoms with Crippen molar-refractivity contribution in [2.75, 3.05) is 26.9 Å². The van der Waals surface area contributed by atoms with Crippen molar-refractivity contribution in [1.29, 1.82) is 0 Å². The molecule has 1 rings (SSSR count). The van der Waals surface area contributed by atoms with Crippen LogP contribution in [-0.4, -0.2) is 44.9 Å². The summed E-state index contributed by atoms with van der Waals surface area (Å²) in [6.45, 7) is 1.07. The molecule has 0 saturated heterocycles. The summed E-state index contributed by atoms with van der Waals surface area (Å²) in [5.41, 5.74) is 5.59. The summed E-state index contributed by atoms with van der Waals surface area (Å²) in [5.74, 6) is -0.0713. The van der Waals surface area contributed by atoms with E-state index in [0.717, 1.165) is 12.8 Å². The minimum atomic E-state index is -0.0713. The number of ether oxygens (including phenoxy) is 2. The minimum absolute atomic E-state index is 0.0713. The molecule has 0 heterocycles. The van der Waals surface area contributed by atoms with Gasteiger partial charge in [-0.15, -0.1) is 0 Å². The van der Waals surface area contributed by atoms with Crippen LogP contribution in [0.2, 0.25) is 0 Å². The van der Waals surface area contributed by atoms with Crippen molar-refractivity contribution in [2.45, 2.75) is 24.9 Å². The van der Waals surface area contributed by atoms with E-state index in [-0.39, 0.29) is 24.6 Å². The molecule has 1 aliphatic carbocycles. The smallest absolute Gasteiger partial charge is 0.246 e. The fourth-order valence-corrected chi connectivity index (χ4v) is 1.36. The summed E-state index contributed by atoms with van der Waals surface area (Å²) in [7, 11) is 1.60. The van der Waals surface area contributed by atoms with Crippen LogP contribution >= 0.6 is 0 Å². The molecule has 1 amide bonds. The number of rotatable bonds is 6. The van der Waals surface area contributed by atoms with E-state index in [2.05, 4.69) is 5.32 Å². The minimum Gasteiger partial charge on any atom is -0.382 e. The van der Waals surface area contributed by atoms with Gasteiger partial charge in [0.25, 0.3) is 0 Å². The average molecular weight is 202 g/mol. The molecule has 0 radical (unpaired) electrons. The number of carbonyl (C=O) groups excluding carboxylic acids is 1. The highest BCUT2D eigenvalue weighted by Crippen LogP contribution is 2.16. The zero-order valence-electron chi connectivity index (χ0n) is 8.49. The summed E-state index contributed by atoms with van der Waals surface area (Å²) in [6, 6.07) is 0.512. The van der Waals surface area contributed by atoms with Gasteiger partial charge in [0.1, 0.15) is 6.61 Å². The molecule has 14 heavy (non-hydrogen) atoms. The van der Waals surface area contributed by atoms with Crippen molar-refractivity contribution in [3.05, 3.63) is 0 Å². The van der Waals surface area contributed by atoms with Crippen LogP contribution in [0.15, 0.2) is 0 Å². The molecule has 0 atom stereocenters. The topological polar surface area (TPSA) is 73.6 Å². The molecule has 3 N–H and O–H groups in total. The van der Waals surface area contributed by atoms with E-state index in [1.54, 1.807) is 7.11 Å². The Balaban J connectivity index is 1.94. The van der Waals surface area contributed by atoms with Crippen molar-refractivity contribution >= 4 is 5.91 Å². The van der Waals surface area contributed by atoms with Gasteiger partial charge in [0.15, 0.2) is 0 Å². The zero-order valence-corrected chi connectivity index (χ0v) is 8.49. The van der Waals surface area contributed by atoms with Crippen LogP contribution in [0.1, 0.15) is 12.8 Å². The maximum Gasteiger partial charge on any atom is 0.246 e. The quantitative estimate of drug-likeness (QED) is 0.556. The van der Waals surface area contributed by atoms with Crippen LogP contribution in [0, 0.1) is 0 Å². The van der Waals surface area contributed by atoms with Crippen molar-refractivity contribution in [1.82, 2.24) is 5.32 Å². The number of hydrogen-bond donors (Lipinski definition) is 2. The molecule has 5 heteroatoms. The first-order valence-corrected chi connectivity index (χ1v) is 4.84. The third kappa shape index (κ3) is 4.04. The van der Waals surface area contributed by atoms with E-state index in [9.17, 15) is 4.79 Å². The first-order chi connectivity index (χ1) is 6.72. The van der Waals surface area contributed by atoms with Gasteiger partial charge in [-0.3, -0.25) is 4.79 Å². The zero-order chi connectivity index (χ0) is 10.4. The first-order valence-electron chi connectivity index (χ1n) is 4.84. The molecule has 0 aromatic heterocycles. The molecular weight excluding hydrogens is 184 g/mol. The Labute approximate surface area is 83.9 Å². The maximum atomic E-state index is 11.2. The summed E-state index contributed by atoms with van der Waals surface area (Å²) in [6.07, 6.45) is 1.76. The van der Waals surface area contributed by atoms with E-state index in [1.807, 2.05) is 0 Å². The van der Waals surface area contributed by atoms with Gasteiger partial charge in [0, 0.05) is 19.2 Å². The third-order valence-electron chi connectivity index (χ3n) is 2.20. The van der Waals surface area contributed by atoms with Gasteiger partial charge in [-0.05, 0) is 12.8 Å². The Morgan fingerprint density at radius 3 is 2.79 bits per heavy atom. The highest BCUT2D eigenvalue weighted by atomic mass is 16.5. The lowest BCUT2D eigenvalue weighted by molar-refractivity contribution is -0.127. The molecule has 0 unspecified atom stereocenters. The molecule has 82 valence electrons. The van der Waals surface area contributed by atoms with Gasteiger partial charge in [-0.2, -0.15) is 0 Å². The molecule has 1 saturated carbocycles. The second-order valence-corrected chi connectivity index (χ2v) is 3.54. The lowest BCUT2D eigenvalue weighted by Crippen LogP contribution is -2.51. The highest BCUT2D eigenvalue weighted by molar-refractivity contribution is 5.77. The number of nitrogens with one attached hydrogen (secondary N) is 1. The number of methoxy groups -OCH3 is 1. The predicted molar refractivity (Wildman–Crippen MR) is 51.8 cm³/mol. The van der Waals surface area contributed by atoms with Crippen LogP contribution in [0.3, 0.4) is 0 Å². The molecule has 5 nitrogen and oxygen atoms in total. The van der Waals surface area contributed by atoms with Crippen molar-refractivity contribution in [3.8, 4) is 0 Å². The van der Waals surface area contributed by atoms with Crippen LogP contribution in [0.4, 0.5) is 0 Å². The molecular formula is C9H18N2O3. The van der Waals surface area contributed by atoms with E-state index in [0.29, 0.717) is 13.2 Å². The second-order valence-electron chi connectivity index (χ2n) is 3.54. The Morgan fingerprint density at radius 1 is 1.50 bits per heavy atom. The van der Waals surface area contributed by atoms with E-state index >= 15 is 0 Å². The van der Waals surface area contributed by atoms with Gasteiger partial charge < -0.3 is 20.5 Å². The Hall–Kier alpha value is -0.650. The number of amides is 1. The van der Waals surface area contributed by atoms with Crippen LogP contribution in [0.25, 0.3) is 0 Å². The van der Waals surface area contributed by atoms with Crippen molar-refractivity contribution < 1.29 is 14.3 Å². The van der Waals surface area contributed by atoms with Crippen molar-refractivity contribution in [3.63, 3.8) is 0 Å². The summed E-state index contributed by atoms with van der Waals surface area (Å²) < 4.78 is 9.84. The van der Waals surface area contributed by atoms with Gasteiger partial charge in [0.2, 0.25) is 5.91 Å². The molecule has 1 fully saturated rings. The number of hydrogen-bond acceptors (Lipinski definition) is 4. The molecule has 0 aromatic carbocycles. The number of carbonyl (C=O) groups is 1. The SMILES string of the molecule is COCCOCC(=O)NC1CC(N)C1. The monoisotopic (exact) mass is 202 g/mol. The molecule has 0 aliphatic heterocycles. The fraction of sp³-hybridized carbons (Fsp3) is 0.889. The van der Waals surface area contributed by atoms with E-state index in [4.69, 9.17) is 15.2 Å². The summed E-state index contributed by atoms with van der Waals surface area (Å²) in [5, 5.41) is 2.84. The average Bonchev–Trinajstić information content (AvgIpc) is 2.10. The predicted octanol–water partition coefficient (Wildman–Crippen LogP) is -0.745. The van der Waals surface area contributed by atoms with Gasteiger partial charge in [-0.1, -0.05) is 0 Å². The Morgan fingerprint density at radius 2 is 2.21 bits per heavy atom. The Bertz CT molecular complexity index is 181. The maximum absolute atomic E-state index is 11.2. The first kappa shape index (κ1) is 11.4. The van der Waals surface area contributed by atoms with Crippen molar-refractivity contribution in [2.24, 2.45) is 5.73 Å². The van der Waals surface area contributed by atoms with Crippen LogP contribution in [-0.2, 0) is 14.3 Å². The van der Waals surface area contributed by atoms with Gasteiger partial charge in [0.05, 0.1) is 13.2 Å². The normalized spacial score (nSPS) is 25.6. The standard InChI is InChI=1S/C9H18N2O3/c1-13-2-3-14-6-9(12)11-8-4-7(10)5-8/h7-8H,2-6,10H2,1H3,(H,11,12). The van der Waals surface area contributed by atoms with Crippen LogP contribution in [0.5, 0.6) is 0 Å². The summed E-state index contributed by atoms with van der Waals surface area (Å²) in [4.78, 5) is 11.2. The van der Waals surface area contributed by atoms with E-state index in [1.165, 1.54) is 0 Å². The van der Waals surface area contributed by atoms with Gasteiger partial charge >= 0.3 is 0 Å². The second kappa shape index (κ2) is 5.95. The largest absolute Gasteiger partial charge is 0.382 e. The summed E-state index contributed by atoms with van der Waals surface area (Å²) >= 11 is 0. The lowest BCUT2D eigenvalue weighted by atomic mass is 9.88. The highest BCUT2D eigenvalue weighted by Gasteiger charge is 2.26. The fourth-order valence-electron chi connectivity index (χ4n) is 1.36.